The number of nitrogens with one attached hydrogen (secondary N) is 1. The number of carbonyl (C=O) groups is 2. The Labute approximate surface area is 74.4 Å². The van der Waals surface area contributed by atoms with Crippen molar-refractivity contribution in [2.75, 3.05) is 5.32 Å². The molecule has 1 rings (SSSR count). The van der Waals surface area contributed by atoms with Gasteiger partial charge >= 0.3 is 11.9 Å². The number of hydrogen-bond acceptors (Lipinski definition) is 3. The van der Waals surface area contributed by atoms with E-state index >= 15 is 0 Å². The van der Waals surface area contributed by atoms with Gasteiger partial charge in [-0.25, -0.2) is 9.78 Å². The number of carbonyl (C=O) groups excluding carboxylic acids is 1. The molecule has 13 heavy (non-hydrogen) atoms. The van der Waals surface area contributed by atoms with E-state index in [-0.39, 0.29) is 5.82 Å². The molecule has 0 saturated heterocycles. The van der Waals surface area contributed by atoms with Crippen molar-refractivity contribution in [3.63, 3.8) is 0 Å². The van der Waals surface area contributed by atoms with Gasteiger partial charge in [-0.05, 0) is 18.6 Å². The second kappa shape index (κ2) is 3.66. The molecule has 1 amide bonds. The third-order valence-electron chi connectivity index (χ3n) is 1.35. The van der Waals surface area contributed by atoms with Crippen molar-refractivity contribution in [2.24, 2.45) is 0 Å². The van der Waals surface area contributed by atoms with Gasteiger partial charge in [0.25, 0.3) is 0 Å². The number of rotatable bonds is 1. The maximum atomic E-state index is 10.6. The maximum absolute atomic E-state index is 10.6. The SMILES string of the molecule is Cc1ccc(NC(=O)C(=O)O)nc1. The molecule has 0 spiro atoms. The van der Waals surface area contributed by atoms with Crippen LogP contribution < -0.4 is 5.32 Å². The monoisotopic (exact) mass is 180 g/mol. The van der Waals surface area contributed by atoms with E-state index in [0.717, 1.165) is 5.56 Å². The first-order valence-corrected chi connectivity index (χ1v) is 3.56. The average Bonchev–Trinajstić information content (AvgIpc) is 2.08. The van der Waals surface area contributed by atoms with Crippen LogP contribution in [0.25, 0.3) is 0 Å². The Morgan fingerprint density at radius 3 is 2.62 bits per heavy atom. The molecule has 1 aromatic rings. The molecule has 0 bridgehead atoms. The smallest absolute Gasteiger partial charge is 0.394 e. The number of aliphatic carboxylic acids is 1. The lowest BCUT2D eigenvalue weighted by Gasteiger charge is -1.99. The molecule has 0 unspecified atom stereocenters. The predicted molar refractivity (Wildman–Crippen MR) is 45.2 cm³/mol. The fourth-order valence-electron chi connectivity index (χ4n) is 0.712. The molecule has 0 aromatic carbocycles. The van der Waals surface area contributed by atoms with Gasteiger partial charge in [-0.15, -0.1) is 0 Å². The molecular formula is C8H8N2O3. The number of aryl methyl sites for hydroxylation is 1. The van der Waals surface area contributed by atoms with Crippen LogP contribution in [0.3, 0.4) is 0 Å². The van der Waals surface area contributed by atoms with Gasteiger partial charge in [0.1, 0.15) is 5.82 Å². The Bertz CT molecular complexity index is 332. The first-order chi connectivity index (χ1) is 6.09. The van der Waals surface area contributed by atoms with Crippen molar-refractivity contribution in [1.29, 1.82) is 0 Å². The van der Waals surface area contributed by atoms with E-state index in [1.165, 1.54) is 12.3 Å². The van der Waals surface area contributed by atoms with Crippen LogP contribution in [0.5, 0.6) is 0 Å². The Balaban J connectivity index is 2.70. The lowest BCUT2D eigenvalue weighted by Crippen LogP contribution is -2.22. The van der Waals surface area contributed by atoms with Crippen LogP contribution in [0.2, 0.25) is 0 Å². The molecule has 0 aliphatic carbocycles. The number of nitrogens with zero attached hydrogens (tertiary/aromatic N) is 1. The first kappa shape index (κ1) is 9.18. The molecule has 1 heterocycles. The van der Waals surface area contributed by atoms with Gasteiger partial charge in [-0.1, -0.05) is 6.07 Å². The molecule has 0 aliphatic heterocycles. The zero-order valence-electron chi connectivity index (χ0n) is 6.94. The second-order valence-electron chi connectivity index (χ2n) is 2.48. The van der Waals surface area contributed by atoms with Crippen LogP contribution in [0.1, 0.15) is 5.56 Å². The second-order valence-corrected chi connectivity index (χ2v) is 2.48. The number of anilines is 1. The molecule has 68 valence electrons. The van der Waals surface area contributed by atoms with E-state index in [2.05, 4.69) is 10.3 Å². The zero-order valence-corrected chi connectivity index (χ0v) is 6.94. The maximum Gasteiger partial charge on any atom is 0.394 e. The number of carboxylic acid groups (broad SMARTS) is 1. The van der Waals surface area contributed by atoms with Gasteiger partial charge in [0.15, 0.2) is 0 Å². The highest BCUT2D eigenvalue weighted by molar-refractivity contribution is 6.36. The number of amides is 1. The highest BCUT2D eigenvalue weighted by Gasteiger charge is 2.10. The summed E-state index contributed by atoms with van der Waals surface area (Å²) in [5, 5.41) is 10.4. The number of pyridine rings is 1. The number of carboxylic acids is 1. The first-order valence-electron chi connectivity index (χ1n) is 3.56. The summed E-state index contributed by atoms with van der Waals surface area (Å²) in [5.41, 5.74) is 0.938. The van der Waals surface area contributed by atoms with Crippen molar-refractivity contribution in [2.45, 2.75) is 6.92 Å². The minimum absolute atomic E-state index is 0.234. The Hall–Kier alpha value is -1.91. The molecule has 1 aromatic heterocycles. The van der Waals surface area contributed by atoms with Crippen molar-refractivity contribution in [3.8, 4) is 0 Å². The summed E-state index contributed by atoms with van der Waals surface area (Å²) in [7, 11) is 0. The zero-order chi connectivity index (χ0) is 9.84. The van der Waals surface area contributed by atoms with Crippen molar-refractivity contribution >= 4 is 17.7 Å². The largest absolute Gasteiger partial charge is 0.474 e. The highest BCUT2D eigenvalue weighted by atomic mass is 16.4. The lowest BCUT2D eigenvalue weighted by atomic mass is 10.3. The van der Waals surface area contributed by atoms with Gasteiger partial charge < -0.3 is 10.4 Å². The molecule has 2 N–H and O–H groups in total. The average molecular weight is 180 g/mol. The molecular weight excluding hydrogens is 172 g/mol. The Morgan fingerprint density at radius 1 is 1.46 bits per heavy atom. The third-order valence-corrected chi connectivity index (χ3v) is 1.35. The molecule has 0 radical (unpaired) electrons. The van der Waals surface area contributed by atoms with Crippen LogP contribution >= 0.6 is 0 Å². The van der Waals surface area contributed by atoms with E-state index in [1.54, 1.807) is 6.07 Å². The molecule has 0 aliphatic rings. The van der Waals surface area contributed by atoms with E-state index in [9.17, 15) is 9.59 Å². The quantitative estimate of drug-likeness (QED) is 0.613. The van der Waals surface area contributed by atoms with Crippen molar-refractivity contribution in [3.05, 3.63) is 23.9 Å². The highest BCUT2D eigenvalue weighted by Crippen LogP contribution is 2.02. The topological polar surface area (TPSA) is 79.3 Å². The normalized spacial score (nSPS) is 9.31. The molecule has 5 nitrogen and oxygen atoms in total. The number of hydrogen-bond donors (Lipinski definition) is 2. The van der Waals surface area contributed by atoms with Gasteiger partial charge in [-0.2, -0.15) is 0 Å². The van der Waals surface area contributed by atoms with Gasteiger partial charge in [-0.3, -0.25) is 4.79 Å². The Morgan fingerprint density at radius 2 is 2.15 bits per heavy atom. The van der Waals surface area contributed by atoms with Crippen LogP contribution in [0, 0.1) is 6.92 Å². The summed E-state index contributed by atoms with van der Waals surface area (Å²) in [5.74, 6) is -2.38. The standard InChI is InChI=1S/C8H8N2O3/c1-5-2-3-6(9-4-5)10-7(11)8(12)13/h2-4H,1H3,(H,12,13)(H,9,10,11). The fourth-order valence-corrected chi connectivity index (χ4v) is 0.712. The predicted octanol–water partition coefficient (Wildman–Crippen LogP) is 0.413. The molecule has 0 saturated carbocycles. The fraction of sp³-hybridized carbons (Fsp3) is 0.125. The van der Waals surface area contributed by atoms with Gasteiger partial charge in [0.05, 0.1) is 0 Å². The lowest BCUT2D eigenvalue weighted by molar-refractivity contribution is -0.147. The summed E-state index contributed by atoms with van der Waals surface area (Å²) in [4.78, 5) is 24.6. The summed E-state index contributed by atoms with van der Waals surface area (Å²) >= 11 is 0. The number of aromatic nitrogens is 1. The van der Waals surface area contributed by atoms with E-state index in [4.69, 9.17) is 5.11 Å². The Kier molecular flexibility index (Phi) is 2.59. The summed E-state index contributed by atoms with van der Waals surface area (Å²) in [6.07, 6.45) is 1.54. The summed E-state index contributed by atoms with van der Waals surface area (Å²) in [6.45, 7) is 1.84. The molecule has 0 atom stereocenters. The van der Waals surface area contributed by atoms with Gasteiger partial charge in [0.2, 0.25) is 0 Å². The molecule has 5 heteroatoms. The minimum Gasteiger partial charge on any atom is -0.474 e. The van der Waals surface area contributed by atoms with E-state index in [1.807, 2.05) is 6.92 Å². The van der Waals surface area contributed by atoms with Gasteiger partial charge in [0, 0.05) is 6.20 Å². The third kappa shape index (κ3) is 2.55. The van der Waals surface area contributed by atoms with Crippen LogP contribution in [0.15, 0.2) is 18.3 Å². The summed E-state index contributed by atoms with van der Waals surface area (Å²) < 4.78 is 0. The van der Waals surface area contributed by atoms with Crippen molar-refractivity contribution in [1.82, 2.24) is 4.98 Å². The van der Waals surface area contributed by atoms with E-state index < -0.39 is 11.9 Å². The molecule has 0 fully saturated rings. The van der Waals surface area contributed by atoms with Crippen LogP contribution in [0.4, 0.5) is 5.82 Å². The minimum atomic E-state index is -1.53. The van der Waals surface area contributed by atoms with Crippen LogP contribution in [-0.2, 0) is 9.59 Å². The van der Waals surface area contributed by atoms with Crippen molar-refractivity contribution < 1.29 is 14.7 Å². The van der Waals surface area contributed by atoms with E-state index in [0.29, 0.717) is 0 Å². The summed E-state index contributed by atoms with van der Waals surface area (Å²) in [6, 6.07) is 3.26. The van der Waals surface area contributed by atoms with Crippen LogP contribution in [-0.4, -0.2) is 22.0 Å².